The maximum atomic E-state index is 10.2. The fourth-order valence-corrected chi connectivity index (χ4v) is 6.03. The third-order valence-electron chi connectivity index (χ3n) is 7.37. The van der Waals surface area contributed by atoms with Crippen molar-refractivity contribution < 1.29 is 14.6 Å². The van der Waals surface area contributed by atoms with Crippen LogP contribution in [0.15, 0.2) is 24.3 Å². The second kappa shape index (κ2) is 7.02. The van der Waals surface area contributed by atoms with Crippen LogP contribution in [0, 0.1) is 19.8 Å². The van der Waals surface area contributed by atoms with Crippen LogP contribution in [0.5, 0.6) is 17.2 Å². The summed E-state index contributed by atoms with van der Waals surface area (Å²) in [6.45, 7) is 6.47. The lowest BCUT2D eigenvalue weighted by molar-refractivity contribution is 0.145. The van der Waals surface area contributed by atoms with E-state index in [0.717, 1.165) is 29.0 Å². The first-order chi connectivity index (χ1) is 13.4. The Balaban J connectivity index is 1.81. The molecule has 0 amide bonds. The largest absolute Gasteiger partial charge is 0.507 e. The van der Waals surface area contributed by atoms with Gasteiger partial charge in [-0.1, -0.05) is 25.5 Å². The summed E-state index contributed by atoms with van der Waals surface area (Å²) in [7, 11) is 3.50. The van der Waals surface area contributed by atoms with E-state index in [1.54, 1.807) is 14.2 Å². The van der Waals surface area contributed by atoms with Crippen LogP contribution in [0.4, 0.5) is 0 Å². The van der Waals surface area contributed by atoms with Gasteiger partial charge >= 0.3 is 0 Å². The van der Waals surface area contributed by atoms with E-state index in [4.69, 9.17) is 9.47 Å². The number of phenolic OH excluding ortho intramolecular Hbond substituents is 1. The molecule has 150 valence electrons. The fourth-order valence-electron chi connectivity index (χ4n) is 6.03. The maximum Gasteiger partial charge on any atom is 0.126 e. The summed E-state index contributed by atoms with van der Waals surface area (Å²) >= 11 is 0. The molecular weight excluding hydrogens is 348 g/mol. The van der Waals surface area contributed by atoms with Gasteiger partial charge in [0, 0.05) is 11.6 Å². The van der Waals surface area contributed by atoms with Crippen molar-refractivity contribution >= 4 is 0 Å². The lowest BCUT2D eigenvalue weighted by Crippen LogP contribution is -2.43. The molecule has 3 heteroatoms. The van der Waals surface area contributed by atoms with E-state index in [1.807, 2.05) is 19.9 Å². The Morgan fingerprint density at radius 2 is 1.71 bits per heavy atom. The molecule has 1 fully saturated rings. The van der Waals surface area contributed by atoms with Gasteiger partial charge in [0.15, 0.2) is 0 Å². The van der Waals surface area contributed by atoms with Crippen LogP contribution in [-0.4, -0.2) is 19.3 Å². The van der Waals surface area contributed by atoms with Gasteiger partial charge in [-0.05, 0) is 85.1 Å². The average molecular weight is 381 g/mol. The molecule has 2 aromatic rings. The van der Waals surface area contributed by atoms with Crippen molar-refractivity contribution in [3.63, 3.8) is 0 Å². The minimum absolute atomic E-state index is 0.105. The van der Waals surface area contributed by atoms with Crippen molar-refractivity contribution in [2.75, 3.05) is 14.2 Å². The van der Waals surface area contributed by atoms with Gasteiger partial charge in [-0.2, -0.15) is 0 Å². The molecule has 0 spiro atoms. The number of rotatable bonds is 3. The van der Waals surface area contributed by atoms with Crippen LogP contribution in [-0.2, 0) is 11.8 Å². The molecule has 0 unspecified atom stereocenters. The Morgan fingerprint density at radius 1 is 1.00 bits per heavy atom. The van der Waals surface area contributed by atoms with Gasteiger partial charge in [0.05, 0.1) is 14.2 Å². The molecule has 3 nitrogen and oxygen atoms in total. The Kier molecular flexibility index (Phi) is 4.81. The second-order valence-electron chi connectivity index (χ2n) is 8.93. The van der Waals surface area contributed by atoms with Gasteiger partial charge in [0.1, 0.15) is 17.2 Å². The van der Waals surface area contributed by atoms with E-state index < -0.39 is 0 Å². The molecule has 3 atom stereocenters. The molecule has 0 bridgehead atoms. The SMILES string of the molecule is COc1cc2c(c(OC)c1)[C@]1(C)CCC[C@H](c3cc(C)c(O)c(C)c3)[C@H]1CC2. The molecule has 28 heavy (non-hydrogen) atoms. The summed E-state index contributed by atoms with van der Waals surface area (Å²) < 4.78 is 11.4. The maximum absolute atomic E-state index is 10.2. The number of phenols is 1. The quantitative estimate of drug-likeness (QED) is 0.730. The minimum atomic E-state index is 0.105. The molecule has 0 heterocycles. The van der Waals surface area contributed by atoms with Crippen molar-refractivity contribution in [3.05, 3.63) is 52.1 Å². The van der Waals surface area contributed by atoms with Crippen molar-refractivity contribution in [1.29, 1.82) is 0 Å². The molecule has 1 N–H and O–H groups in total. The Labute approximate surface area is 168 Å². The summed E-state index contributed by atoms with van der Waals surface area (Å²) in [6, 6.07) is 8.67. The Bertz CT molecular complexity index is 861. The molecule has 1 saturated carbocycles. The van der Waals surface area contributed by atoms with Crippen LogP contribution in [0.2, 0.25) is 0 Å². The second-order valence-corrected chi connectivity index (χ2v) is 8.93. The van der Waals surface area contributed by atoms with E-state index in [9.17, 15) is 5.11 Å². The van der Waals surface area contributed by atoms with Crippen molar-refractivity contribution in [3.8, 4) is 17.2 Å². The van der Waals surface area contributed by atoms with Crippen LogP contribution in [0.1, 0.15) is 66.3 Å². The highest BCUT2D eigenvalue weighted by Crippen LogP contribution is 2.58. The summed E-state index contributed by atoms with van der Waals surface area (Å²) in [4.78, 5) is 0. The average Bonchev–Trinajstić information content (AvgIpc) is 2.69. The number of hydrogen-bond acceptors (Lipinski definition) is 3. The molecule has 2 aliphatic carbocycles. The molecule has 0 radical (unpaired) electrons. The van der Waals surface area contributed by atoms with Crippen molar-refractivity contribution in [2.24, 2.45) is 5.92 Å². The first kappa shape index (κ1) is 19.2. The van der Waals surface area contributed by atoms with E-state index in [2.05, 4.69) is 25.1 Å². The highest BCUT2D eigenvalue weighted by molar-refractivity contribution is 5.53. The Hall–Kier alpha value is -2.16. The van der Waals surface area contributed by atoms with Crippen LogP contribution < -0.4 is 9.47 Å². The highest BCUT2D eigenvalue weighted by Gasteiger charge is 2.48. The monoisotopic (exact) mass is 380 g/mol. The summed E-state index contributed by atoms with van der Waals surface area (Å²) in [5.74, 6) is 3.40. The molecular formula is C25H32O3. The van der Waals surface area contributed by atoms with Gasteiger partial charge in [-0.3, -0.25) is 0 Å². The smallest absolute Gasteiger partial charge is 0.126 e. The first-order valence-corrected chi connectivity index (χ1v) is 10.4. The third-order valence-corrected chi connectivity index (χ3v) is 7.37. The molecule has 0 saturated heterocycles. The number of aryl methyl sites for hydroxylation is 3. The minimum Gasteiger partial charge on any atom is -0.507 e. The van der Waals surface area contributed by atoms with Gasteiger partial charge in [-0.15, -0.1) is 0 Å². The standard InChI is InChI=1S/C25H32O3/c1-15-11-18(12-16(2)24(15)26)20-7-6-10-25(3)21(20)9-8-17-13-19(27-4)14-22(28-5)23(17)25/h11-14,20-21,26H,6-10H2,1-5H3/t20-,21-,25-/m1/s1. The lowest BCUT2D eigenvalue weighted by atomic mass is 9.53. The third kappa shape index (κ3) is 2.87. The van der Waals surface area contributed by atoms with E-state index in [-0.39, 0.29) is 5.41 Å². The predicted octanol–water partition coefficient (Wildman–Crippen LogP) is 5.81. The highest BCUT2D eigenvalue weighted by atomic mass is 16.5. The lowest BCUT2D eigenvalue weighted by Gasteiger charge is -2.51. The molecule has 0 aromatic heterocycles. The van der Waals surface area contributed by atoms with E-state index >= 15 is 0 Å². The number of hydrogen-bond donors (Lipinski definition) is 1. The molecule has 4 rings (SSSR count). The van der Waals surface area contributed by atoms with E-state index in [1.165, 1.54) is 42.4 Å². The van der Waals surface area contributed by atoms with Crippen LogP contribution >= 0.6 is 0 Å². The molecule has 2 aromatic carbocycles. The predicted molar refractivity (Wildman–Crippen MR) is 113 cm³/mol. The van der Waals surface area contributed by atoms with Gasteiger partial charge in [0.2, 0.25) is 0 Å². The number of benzene rings is 2. The Morgan fingerprint density at radius 3 is 2.36 bits per heavy atom. The zero-order valence-electron chi connectivity index (χ0n) is 17.8. The molecule has 2 aliphatic rings. The molecule has 0 aliphatic heterocycles. The van der Waals surface area contributed by atoms with Gasteiger partial charge in [0.25, 0.3) is 0 Å². The van der Waals surface area contributed by atoms with Gasteiger partial charge in [-0.25, -0.2) is 0 Å². The van der Waals surface area contributed by atoms with Crippen molar-refractivity contribution in [2.45, 2.75) is 64.2 Å². The summed E-state index contributed by atoms with van der Waals surface area (Å²) in [5.41, 5.74) is 6.24. The van der Waals surface area contributed by atoms with Crippen LogP contribution in [0.3, 0.4) is 0 Å². The topological polar surface area (TPSA) is 38.7 Å². The number of ether oxygens (including phenoxy) is 2. The van der Waals surface area contributed by atoms with Crippen molar-refractivity contribution in [1.82, 2.24) is 0 Å². The van der Waals surface area contributed by atoms with Crippen LogP contribution in [0.25, 0.3) is 0 Å². The first-order valence-electron chi connectivity index (χ1n) is 10.4. The zero-order valence-corrected chi connectivity index (χ0v) is 17.8. The van der Waals surface area contributed by atoms with Gasteiger partial charge < -0.3 is 14.6 Å². The fraction of sp³-hybridized carbons (Fsp3) is 0.520. The number of methoxy groups -OCH3 is 2. The zero-order chi connectivity index (χ0) is 20.1. The number of aromatic hydroxyl groups is 1. The normalized spacial score (nSPS) is 26.3. The summed E-state index contributed by atoms with van der Waals surface area (Å²) in [5, 5.41) is 10.2. The van der Waals surface area contributed by atoms with E-state index in [0.29, 0.717) is 17.6 Å². The summed E-state index contributed by atoms with van der Waals surface area (Å²) in [6.07, 6.45) is 5.88. The number of fused-ring (bicyclic) bond motifs is 3.